The second-order valence-electron chi connectivity index (χ2n) is 7.89. The molecule has 0 radical (unpaired) electrons. The molecule has 3 amide bonds. The Morgan fingerprint density at radius 3 is 2.30 bits per heavy atom. The average molecular weight is 411 g/mol. The second-order valence-corrected chi connectivity index (χ2v) is 7.89. The van der Waals surface area contributed by atoms with Crippen LogP contribution in [0.15, 0.2) is 48.5 Å². The molecular formula is C24H30N2O4. The number of benzene rings is 2. The van der Waals surface area contributed by atoms with Crippen LogP contribution in [0.1, 0.15) is 29.2 Å². The van der Waals surface area contributed by atoms with E-state index in [0.29, 0.717) is 26.2 Å². The number of urea groups is 1. The third kappa shape index (κ3) is 5.90. The number of ether oxygens (including phenoxy) is 2. The molecule has 160 valence electrons. The molecule has 2 atom stereocenters. The molecule has 3 rings (SSSR count). The van der Waals surface area contributed by atoms with Crippen molar-refractivity contribution in [1.82, 2.24) is 10.2 Å². The lowest BCUT2D eigenvalue weighted by molar-refractivity contribution is -0.129. The minimum atomic E-state index is -0.409. The number of nitrogens with zero attached hydrogens (tertiary/aromatic N) is 1. The van der Waals surface area contributed by atoms with E-state index in [1.54, 1.807) is 4.90 Å². The number of nitrogens with one attached hydrogen (secondary N) is 1. The zero-order valence-electron chi connectivity index (χ0n) is 17.9. The molecule has 1 N–H and O–H groups in total. The summed E-state index contributed by atoms with van der Waals surface area (Å²) in [5, 5.41) is 2.45. The van der Waals surface area contributed by atoms with Crippen molar-refractivity contribution >= 4 is 11.9 Å². The second kappa shape index (κ2) is 10.4. The zero-order chi connectivity index (χ0) is 21.5. The van der Waals surface area contributed by atoms with Gasteiger partial charge in [-0.3, -0.25) is 15.0 Å². The fourth-order valence-electron chi connectivity index (χ4n) is 3.82. The van der Waals surface area contributed by atoms with Gasteiger partial charge in [0.15, 0.2) is 0 Å². The predicted molar refractivity (Wildman–Crippen MR) is 115 cm³/mol. The number of hydrogen-bond donors (Lipinski definition) is 1. The van der Waals surface area contributed by atoms with Crippen molar-refractivity contribution < 1.29 is 19.1 Å². The molecule has 2 unspecified atom stereocenters. The van der Waals surface area contributed by atoms with Gasteiger partial charge in [-0.1, -0.05) is 59.7 Å². The van der Waals surface area contributed by atoms with E-state index in [1.807, 2.05) is 37.3 Å². The Hall–Kier alpha value is -2.70. The smallest absolute Gasteiger partial charge is 0.326 e. The highest BCUT2D eigenvalue weighted by Gasteiger charge is 2.38. The summed E-state index contributed by atoms with van der Waals surface area (Å²) in [5.74, 6) is -0.543. The van der Waals surface area contributed by atoms with Crippen molar-refractivity contribution in [3.05, 3.63) is 70.8 Å². The fourth-order valence-corrected chi connectivity index (χ4v) is 3.82. The van der Waals surface area contributed by atoms with Crippen molar-refractivity contribution in [2.24, 2.45) is 5.92 Å². The first-order valence-electron chi connectivity index (χ1n) is 10.3. The summed E-state index contributed by atoms with van der Waals surface area (Å²) in [7, 11) is 0. The highest BCUT2D eigenvalue weighted by Crippen LogP contribution is 2.21. The fraction of sp³-hybridized carbons (Fsp3) is 0.417. The van der Waals surface area contributed by atoms with Gasteiger partial charge in [0, 0.05) is 6.04 Å². The minimum absolute atomic E-state index is 0.123. The Morgan fingerprint density at radius 2 is 1.60 bits per heavy atom. The van der Waals surface area contributed by atoms with Crippen LogP contribution in [0.25, 0.3) is 0 Å². The average Bonchev–Trinajstić information content (AvgIpc) is 2.70. The van der Waals surface area contributed by atoms with Crippen LogP contribution in [0.2, 0.25) is 0 Å². The number of amides is 3. The van der Waals surface area contributed by atoms with Gasteiger partial charge in [-0.2, -0.15) is 0 Å². The first kappa shape index (κ1) is 22.0. The summed E-state index contributed by atoms with van der Waals surface area (Å²) in [4.78, 5) is 26.2. The van der Waals surface area contributed by atoms with Gasteiger partial charge in [-0.25, -0.2) is 4.79 Å². The Balaban J connectivity index is 1.44. The normalized spacial score (nSPS) is 19.1. The summed E-state index contributed by atoms with van der Waals surface area (Å²) < 4.78 is 11.4. The van der Waals surface area contributed by atoms with Crippen LogP contribution in [0.4, 0.5) is 4.79 Å². The standard InChI is InChI=1S/C24H30N2O4/c1-17-11-18(2)13-21(12-17)15-29-9-10-30-16-26-19(3)22(23(27)25-24(26)28)14-20-7-5-4-6-8-20/h4-8,11-13,19,22H,9-10,14-16H2,1-3H3,(H,25,27,28). The van der Waals surface area contributed by atoms with Gasteiger partial charge < -0.3 is 9.47 Å². The maximum absolute atomic E-state index is 12.3. The Kier molecular flexibility index (Phi) is 7.60. The van der Waals surface area contributed by atoms with Crippen LogP contribution in [0, 0.1) is 19.8 Å². The van der Waals surface area contributed by atoms with Gasteiger partial charge in [0.05, 0.1) is 25.7 Å². The lowest BCUT2D eigenvalue weighted by atomic mass is 9.90. The number of imide groups is 1. The number of carbonyl (C=O) groups is 2. The summed E-state index contributed by atoms with van der Waals surface area (Å²) in [5.41, 5.74) is 4.64. The summed E-state index contributed by atoms with van der Waals surface area (Å²) >= 11 is 0. The largest absolute Gasteiger partial charge is 0.374 e. The van der Waals surface area contributed by atoms with Gasteiger partial charge >= 0.3 is 6.03 Å². The van der Waals surface area contributed by atoms with E-state index in [1.165, 1.54) is 11.1 Å². The topological polar surface area (TPSA) is 67.9 Å². The van der Waals surface area contributed by atoms with Crippen LogP contribution in [-0.4, -0.2) is 42.8 Å². The molecule has 1 aliphatic rings. The molecule has 0 spiro atoms. The van der Waals surface area contributed by atoms with Gasteiger partial charge in [0.25, 0.3) is 0 Å². The third-order valence-corrected chi connectivity index (χ3v) is 5.35. The number of aryl methyl sites for hydroxylation is 2. The molecule has 0 saturated carbocycles. The molecule has 0 aromatic heterocycles. The van der Waals surface area contributed by atoms with Crippen LogP contribution in [0.3, 0.4) is 0 Å². The van der Waals surface area contributed by atoms with Crippen LogP contribution >= 0.6 is 0 Å². The van der Waals surface area contributed by atoms with E-state index < -0.39 is 6.03 Å². The van der Waals surface area contributed by atoms with E-state index in [4.69, 9.17) is 9.47 Å². The highest BCUT2D eigenvalue weighted by molar-refractivity contribution is 5.98. The maximum atomic E-state index is 12.3. The summed E-state index contributed by atoms with van der Waals surface area (Å²) in [6.45, 7) is 7.49. The number of carbonyl (C=O) groups excluding carboxylic acids is 2. The SMILES string of the molecule is Cc1cc(C)cc(COCCOCN2C(=O)NC(=O)C(Cc3ccccc3)C2C)c1. The summed E-state index contributed by atoms with van der Waals surface area (Å²) in [6.07, 6.45) is 0.580. The van der Waals surface area contributed by atoms with E-state index in [2.05, 4.69) is 37.4 Å². The molecular weight excluding hydrogens is 380 g/mol. The Labute approximate surface area is 178 Å². The molecule has 2 aromatic carbocycles. The van der Waals surface area contributed by atoms with E-state index in [0.717, 1.165) is 11.1 Å². The van der Waals surface area contributed by atoms with E-state index in [-0.39, 0.29) is 24.6 Å². The first-order chi connectivity index (χ1) is 14.4. The molecule has 0 bridgehead atoms. The molecule has 6 heteroatoms. The maximum Gasteiger partial charge on any atom is 0.326 e. The lowest BCUT2D eigenvalue weighted by Gasteiger charge is -2.38. The molecule has 1 saturated heterocycles. The Morgan fingerprint density at radius 1 is 0.933 bits per heavy atom. The first-order valence-corrected chi connectivity index (χ1v) is 10.3. The van der Waals surface area contributed by atoms with Crippen molar-refractivity contribution in [3.63, 3.8) is 0 Å². The molecule has 0 aliphatic carbocycles. The number of hydrogen-bond acceptors (Lipinski definition) is 4. The quantitative estimate of drug-likeness (QED) is 0.642. The number of rotatable bonds is 9. The predicted octanol–water partition coefficient (Wildman–Crippen LogP) is 3.59. The van der Waals surface area contributed by atoms with Crippen LogP contribution < -0.4 is 5.32 Å². The van der Waals surface area contributed by atoms with Crippen LogP contribution in [-0.2, 0) is 27.3 Å². The molecule has 1 fully saturated rings. The van der Waals surface area contributed by atoms with Crippen molar-refractivity contribution in [3.8, 4) is 0 Å². The minimum Gasteiger partial charge on any atom is -0.374 e. The van der Waals surface area contributed by atoms with Gasteiger partial charge in [0.2, 0.25) is 5.91 Å². The molecule has 6 nitrogen and oxygen atoms in total. The molecule has 1 aliphatic heterocycles. The van der Waals surface area contributed by atoms with Crippen molar-refractivity contribution in [2.45, 2.75) is 39.8 Å². The lowest BCUT2D eigenvalue weighted by Crippen LogP contribution is -2.60. The zero-order valence-corrected chi connectivity index (χ0v) is 17.9. The van der Waals surface area contributed by atoms with Crippen molar-refractivity contribution in [1.29, 1.82) is 0 Å². The molecule has 30 heavy (non-hydrogen) atoms. The highest BCUT2D eigenvalue weighted by atomic mass is 16.5. The van der Waals surface area contributed by atoms with Gasteiger partial charge in [0.1, 0.15) is 6.73 Å². The van der Waals surface area contributed by atoms with Gasteiger partial charge in [-0.05, 0) is 38.3 Å². The van der Waals surface area contributed by atoms with E-state index >= 15 is 0 Å². The van der Waals surface area contributed by atoms with Gasteiger partial charge in [-0.15, -0.1) is 0 Å². The third-order valence-electron chi connectivity index (χ3n) is 5.35. The van der Waals surface area contributed by atoms with Crippen LogP contribution in [0.5, 0.6) is 0 Å². The Bertz CT molecular complexity index is 849. The molecule has 1 heterocycles. The van der Waals surface area contributed by atoms with E-state index in [9.17, 15) is 9.59 Å². The summed E-state index contributed by atoms with van der Waals surface area (Å²) in [6, 6.07) is 15.5. The molecule has 2 aromatic rings. The monoisotopic (exact) mass is 410 g/mol. The van der Waals surface area contributed by atoms with Crippen molar-refractivity contribution in [2.75, 3.05) is 19.9 Å².